The maximum absolute atomic E-state index is 5.90. The molecule has 0 unspecified atom stereocenters. The van der Waals surface area contributed by atoms with Crippen molar-refractivity contribution < 1.29 is 0 Å². The van der Waals surface area contributed by atoms with Crippen LogP contribution in [0.3, 0.4) is 0 Å². The van der Waals surface area contributed by atoms with Gasteiger partial charge < -0.3 is 0 Å². The van der Waals surface area contributed by atoms with Gasteiger partial charge in [-0.1, -0.05) is 0 Å². The van der Waals surface area contributed by atoms with Crippen molar-refractivity contribution in [1.29, 1.82) is 0 Å². The number of nitrogen functional groups attached to an aromatic ring is 1. The average Bonchev–Trinajstić information content (AvgIpc) is 2.62. The summed E-state index contributed by atoms with van der Waals surface area (Å²) >= 11 is 0.625. The third kappa shape index (κ3) is 6.40. The van der Waals surface area contributed by atoms with Gasteiger partial charge in [0.15, 0.2) is 0 Å². The number of piperazine rings is 1. The third-order valence-corrected chi connectivity index (χ3v) is 6.61. The van der Waals surface area contributed by atoms with Crippen molar-refractivity contribution in [3.05, 3.63) is 41.7 Å². The minimum atomic E-state index is 0. The van der Waals surface area contributed by atoms with Gasteiger partial charge in [-0.25, -0.2) is 0 Å². The summed E-state index contributed by atoms with van der Waals surface area (Å²) in [5.74, 6) is 1.91. The van der Waals surface area contributed by atoms with Crippen molar-refractivity contribution in [3.8, 4) is 0 Å². The van der Waals surface area contributed by atoms with Crippen LogP contribution in [0.2, 0.25) is 5.32 Å². The van der Waals surface area contributed by atoms with E-state index in [-0.39, 0.29) is 12.4 Å². The minimum Gasteiger partial charge on any atom is -0.147 e. The molecule has 3 rings (SSSR count). The molecule has 0 aliphatic carbocycles. The van der Waals surface area contributed by atoms with Gasteiger partial charge in [0.2, 0.25) is 0 Å². The van der Waals surface area contributed by atoms with Crippen LogP contribution in [0.25, 0.3) is 0 Å². The Morgan fingerprint density at radius 3 is 2.50 bits per heavy atom. The van der Waals surface area contributed by atoms with Gasteiger partial charge in [-0.15, -0.1) is 12.4 Å². The number of nitrogens with zero attached hydrogens (tertiary/aromatic N) is 5. The normalized spacial score (nSPS) is 14.9. The van der Waals surface area contributed by atoms with E-state index < -0.39 is 0 Å². The number of aromatic nitrogens is 3. The first-order valence-electron chi connectivity index (χ1n) is 8.76. The fourth-order valence-corrected chi connectivity index (χ4v) is 4.71. The number of rotatable bonds is 7. The van der Waals surface area contributed by atoms with Crippen molar-refractivity contribution in [2.45, 2.75) is 23.5 Å². The zero-order chi connectivity index (χ0) is 17.5. The zero-order valence-electron chi connectivity index (χ0n) is 15.2. The largest absolute Gasteiger partial charge is 0.147 e. The molecule has 0 atom stereocenters. The Morgan fingerprint density at radius 1 is 1.04 bits per heavy atom. The van der Waals surface area contributed by atoms with Gasteiger partial charge in [0, 0.05) is 0 Å². The monoisotopic (exact) mass is 442 g/mol. The number of hydrogen-bond donors (Lipinski definition) is 1. The van der Waals surface area contributed by atoms with Crippen LogP contribution in [0.5, 0.6) is 0 Å². The summed E-state index contributed by atoms with van der Waals surface area (Å²) in [6, 6.07) is 10.7. The van der Waals surface area contributed by atoms with Crippen molar-refractivity contribution in [3.63, 3.8) is 0 Å². The molecular weight excluding hydrogens is 415 g/mol. The van der Waals surface area contributed by atoms with E-state index in [0.29, 0.717) is 20.9 Å². The van der Waals surface area contributed by atoms with Crippen molar-refractivity contribution in [2.75, 3.05) is 43.9 Å². The smallest absolute Gasteiger partial charge is 0.147 e. The summed E-state index contributed by atoms with van der Waals surface area (Å²) in [5, 5.41) is 2.43. The Hall–Kier alpha value is -1.40. The zero-order valence-corrected chi connectivity index (χ0v) is 17.7. The molecule has 0 bridgehead atoms. The average molecular weight is 442 g/mol. The molecule has 1 aromatic carbocycles. The van der Waals surface area contributed by atoms with Gasteiger partial charge in [-0.2, -0.15) is 0 Å². The molecule has 1 aliphatic rings. The van der Waals surface area contributed by atoms with E-state index in [2.05, 4.69) is 62.1 Å². The Morgan fingerprint density at radius 2 is 1.77 bits per heavy atom. The number of hydrogen-bond acceptors (Lipinski definition) is 6. The summed E-state index contributed by atoms with van der Waals surface area (Å²) in [5.41, 5.74) is 7.34. The SMILES string of the molecule is CN1CCN(c2nc(N)nc(CCC[Se]Cc3ccccc3)n2)CC1.Cl. The molecule has 2 aromatic rings. The van der Waals surface area contributed by atoms with Crippen LogP contribution in [-0.4, -0.2) is 68.0 Å². The molecule has 1 aromatic heterocycles. The van der Waals surface area contributed by atoms with Crippen LogP contribution in [0.1, 0.15) is 17.8 Å². The number of aryl methyl sites for hydroxylation is 1. The van der Waals surface area contributed by atoms with Crippen LogP contribution in [0.15, 0.2) is 30.3 Å². The number of anilines is 2. The predicted molar refractivity (Wildman–Crippen MR) is 110 cm³/mol. The van der Waals surface area contributed by atoms with Gasteiger partial charge in [0.25, 0.3) is 0 Å². The molecule has 0 radical (unpaired) electrons. The molecular formula is C18H27ClN6Se. The summed E-state index contributed by atoms with van der Waals surface area (Å²) in [6.07, 6.45) is 1.99. The third-order valence-electron chi connectivity index (χ3n) is 4.27. The molecule has 142 valence electrons. The van der Waals surface area contributed by atoms with Gasteiger partial charge in [-0.05, 0) is 0 Å². The molecule has 8 heteroatoms. The number of halogens is 1. The van der Waals surface area contributed by atoms with E-state index >= 15 is 0 Å². The Kier molecular flexibility index (Phi) is 8.58. The summed E-state index contributed by atoms with van der Waals surface area (Å²) in [7, 11) is 2.14. The maximum Gasteiger partial charge on any atom is -0.147 e. The molecule has 6 nitrogen and oxygen atoms in total. The summed E-state index contributed by atoms with van der Waals surface area (Å²) in [6.45, 7) is 3.95. The fourth-order valence-electron chi connectivity index (χ4n) is 2.78. The molecule has 0 amide bonds. The Balaban J connectivity index is 0.00000243. The standard InChI is InChI=1S/C18H26N6Se.ClH/c1-23-9-11-24(12-10-23)18-21-16(20-17(19)22-18)8-5-13-25-14-15-6-3-2-4-7-15;/h2-4,6-7H,5,8-14H2,1H3,(H2,19,20,21,22);1H. The van der Waals surface area contributed by atoms with Crippen LogP contribution >= 0.6 is 12.4 Å². The number of nitrogens with two attached hydrogens (primary N) is 1. The first kappa shape index (κ1) is 20.9. The molecule has 26 heavy (non-hydrogen) atoms. The topological polar surface area (TPSA) is 71.2 Å². The van der Waals surface area contributed by atoms with E-state index in [0.717, 1.165) is 50.8 Å². The quantitative estimate of drug-likeness (QED) is 0.522. The van der Waals surface area contributed by atoms with Gasteiger partial charge >= 0.3 is 156 Å². The van der Waals surface area contributed by atoms with E-state index in [9.17, 15) is 0 Å². The van der Waals surface area contributed by atoms with Crippen molar-refractivity contribution >= 4 is 39.3 Å². The molecule has 1 aliphatic heterocycles. The van der Waals surface area contributed by atoms with E-state index in [1.165, 1.54) is 16.2 Å². The first-order chi connectivity index (χ1) is 12.2. The summed E-state index contributed by atoms with van der Waals surface area (Å²) < 4.78 is 0. The van der Waals surface area contributed by atoms with Crippen LogP contribution < -0.4 is 10.6 Å². The molecule has 2 heterocycles. The van der Waals surface area contributed by atoms with Crippen LogP contribution in [0, 0.1) is 0 Å². The predicted octanol–water partition coefficient (Wildman–Crippen LogP) is 1.88. The summed E-state index contributed by atoms with van der Waals surface area (Å²) in [4.78, 5) is 17.8. The van der Waals surface area contributed by atoms with E-state index in [4.69, 9.17) is 5.73 Å². The molecule has 0 spiro atoms. The first-order valence-corrected chi connectivity index (χ1v) is 11.2. The molecule has 0 saturated carbocycles. The van der Waals surface area contributed by atoms with Crippen LogP contribution in [0.4, 0.5) is 11.9 Å². The molecule has 2 N–H and O–H groups in total. The number of benzene rings is 1. The maximum atomic E-state index is 5.90. The van der Waals surface area contributed by atoms with Gasteiger partial charge in [-0.3, -0.25) is 0 Å². The van der Waals surface area contributed by atoms with Crippen LogP contribution in [-0.2, 0) is 11.7 Å². The van der Waals surface area contributed by atoms with Gasteiger partial charge in [0.05, 0.1) is 0 Å². The Labute approximate surface area is 168 Å². The second-order valence-corrected chi connectivity index (χ2v) is 8.66. The van der Waals surface area contributed by atoms with Crippen molar-refractivity contribution in [1.82, 2.24) is 19.9 Å². The second kappa shape index (κ2) is 10.7. The second-order valence-electron chi connectivity index (χ2n) is 6.34. The fraction of sp³-hybridized carbons (Fsp3) is 0.500. The number of likely N-dealkylation sites (N-methyl/N-ethyl adjacent to an activating group) is 1. The molecule has 1 fully saturated rings. The van der Waals surface area contributed by atoms with E-state index in [1.807, 2.05) is 0 Å². The minimum absolute atomic E-state index is 0. The van der Waals surface area contributed by atoms with Crippen molar-refractivity contribution in [2.24, 2.45) is 0 Å². The molecule has 1 saturated heterocycles. The van der Waals surface area contributed by atoms with E-state index in [1.54, 1.807) is 0 Å². The van der Waals surface area contributed by atoms with Gasteiger partial charge in [0.1, 0.15) is 0 Å². The Bertz CT molecular complexity index is 664.